The van der Waals surface area contributed by atoms with Crippen molar-refractivity contribution in [2.45, 2.75) is 19.4 Å². The summed E-state index contributed by atoms with van der Waals surface area (Å²) in [6.07, 6.45) is -0.0387. The minimum absolute atomic E-state index is 0.239. The zero-order chi connectivity index (χ0) is 13.7. The molecular formula is C16H17FO2. The first kappa shape index (κ1) is 13.6. The average Bonchev–Trinajstić information content (AvgIpc) is 2.43. The highest BCUT2D eigenvalue weighted by Gasteiger charge is 2.07. The second kappa shape index (κ2) is 6.34. The molecule has 0 spiro atoms. The molecule has 0 aliphatic heterocycles. The van der Waals surface area contributed by atoms with E-state index in [0.717, 1.165) is 5.56 Å². The summed E-state index contributed by atoms with van der Waals surface area (Å²) in [5.74, 6) is 0.385. The molecule has 0 aliphatic rings. The smallest absolute Gasteiger partial charge is 0.126 e. The van der Waals surface area contributed by atoms with Gasteiger partial charge in [-0.1, -0.05) is 30.3 Å². The van der Waals surface area contributed by atoms with Gasteiger partial charge >= 0.3 is 0 Å². The molecule has 1 atom stereocenters. The van der Waals surface area contributed by atoms with E-state index in [1.165, 1.54) is 6.07 Å². The Bertz CT molecular complexity index is 526. The highest BCUT2D eigenvalue weighted by Crippen LogP contribution is 2.19. The summed E-state index contributed by atoms with van der Waals surface area (Å²) >= 11 is 0. The number of benzene rings is 2. The maximum Gasteiger partial charge on any atom is 0.126 e. The van der Waals surface area contributed by atoms with Crippen LogP contribution in [0.15, 0.2) is 48.5 Å². The fourth-order valence-corrected chi connectivity index (χ4v) is 1.84. The fourth-order valence-electron chi connectivity index (χ4n) is 1.84. The molecule has 1 N–H and O–H groups in total. The van der Waals surface area contributed by atoms with Gasteiger partial charge in [0, 0.05) is 6.42 Å². The molecule has 0 aromatic heterocycles. The lowest BCUT2D eigenvalue weighted by Gasteiger charge is -2.12. The molecule has 0 saturated heterocycles. The van der Waals surface area contributed by atoms with E-state index in [2.05, 4.69) is 0 Å². The van der Waals surface area contributed by atoms with Crippen LogP contribution in [0.1, 0.15) is 23.7 Å². The van der Waals surface area contributed by atoms with Crippen molar-refractivity contribution in [3.8, 4) is 5.75 Å². The Morgan fingerprint density at radius 3 is 2.58 bits per heavy atom. The van der Waals surface area contributed by atoms with Gasteiger partial charge in [0.2, 0.25) is 0 Å². The number of hydrogen-bond acceptors (Lipinski definition) is 2. The third kappa shape index (κ3) is 3.80. The van der Waals surface area contributed by atoms with Crippen molar-refractivity contribution in [1.29, 1.82) is 0 Å². The minimum Gasteiger partial charge on any atom is -0.493 e. The van der Waals surface area contributed by atoms with Crippen LogP contribution in [0, 0.1) is 12.7 Å². The second-order valence-corrected chi connectivity index (χ2v) is 4.47. The monoisotopic (exact) mass is 260 g/mol. The molecule has 2 rings (SSSR count). The standard InChI is InChI=1S/C16H17FO2/c1-12-11-14(7-8-15(12)17)19-10-9-16(18)13-5-3-2-4-6-13/h2-8,11,16,18H,9-10H2,1H3. The van der Waals surface area contributed by atoms with E-state index in [0.29, 0.717) is 24.3 Å². The summed E-state index contributed by atoms with van der Waals surface area (Å²) in [5.41, 5.74) is 1.43. The molecule has 3 heteroatoms. The van der Waals surface area contributed by atoms with Crippen molar-refractivity contribution < 1.29 is 14.2 Å². The molecule has 1 unspecified atom stereocenters. The van der Waals surface area contributed by atoms with E-state index in [9.17, 15) is 9.50 Å². The molecule has 0 bridgehead atoms. The topological polar surface area (TPSA) is 29.5 Å². The SMILES string of the molecule is Cc1cc(OCCC(O)c2ccccc2)ccc1F. The molecule has 100 valence electrons. The molecule has 0 fully saturated rings. The van der Waals surface area contributed by atoms with Crippen molar-refractivity contribution >= 4 is 0 Å². The van der Waals surface area contributed by atoms with Gasteiger partial charge in [-0.2, -0.15) is 0 Å². The van der Waals surface area contributed by atoms with Gasteiger partial charge in [-0.25, -0.2) is 4.39 Å². The van der Waals surface area contributed by atoms with Crippen LogP contribution >= 0.6 is 0 Å². The number of aryl methyl sites for hydroxylation is 1. The molecule has 2 aromatic rings. The highest BCUT2D eigenvalue weighted by molar-refractivity contribution is 5.28. The van der Waals surface area contributed by atoms with E-state index < -0.39 is 6.10 Å². The zero-order valence-electron chi connectivity index (χ0n) is 10.8. The van der Waals surface area contributed by atoms with Crippen LogP contribution < -0.4 is 4.74 Å². The minimum atomic E-state index is -0.539. The van der Waals surface area contributed by atoms with Crippen LogP contribution in [0.5, 0.6) is 5.75 Å². The Morgan fingerprint density at radius 1 is 1.16 bits per heavy atom. The second-order valence-electron chi connectivity index (χ2n) is 4.47. The van der Waals surface area contributed by atoms with Gasteiger partial charge in [0.05, 0.1) is 12.7 Å². The summed E-state index contributed by atoms with van der Waals surface area (Å²) in [4.78, 5) is 0. The summed E-state index contributed by atoms with van der Waals surface area (Å²) < 4.78 is 18.6. The third-order valence-electron chi connectivity index (χ3n) is 2.97. The average molecular weight is 260 g/mol. The molecule has 2 aromatic carbocycles. The fraction of sp³-hybridized carbons (Fsp3) is 0.250. The van der Waals surface area contributed by atoms with E-state index in [4.69, 9.17) is 4.74 Å². The van der Waals surface area contributed by atoms with E-state index in [1.807, 2.05) is 30.3 Å². The zero-order valence-corrected chi connectivity index (χ0v) is 10.8. The molecule has 0 saturated carbocycles. The van der Waals surface area contributed by atoms with Gasteiger partial charge < -0.3 is 9.84 Å². The lowest BCUT2D eigenvalue weighted by molar-refractivity contribution is 0.140. The number of aliphatic hydroxyl groups excluding tert-OH is 1. The molecule has 2 nitrogen and oxygen atoms in total. The maximum atomic E-state index is 13.1. The van der Waals surface area contributed by atoms with Crippen molar-refractivity contribution in [1.82, 2.24) is 0 Å². The van der Waals surface area contributed by atoms with Gasteiger partial charge in [-0.05, 0) is 36.2 Å². The number of halogens is 1. The first-order chi connectivity index (χ1) is 9.16. The Labute approximate surface area is 112 Å². The van der Waals surface area contributed by atoms with E-state index >= 15 is 0 Å². The Balaban J connectivity index is 1.85. The number of aliphatic hydroxyl groups is 1. The van der Waals surface area contributed by atoms with Crippen LogP contribution in [0.2, 0.25) is 0 Å². The van der Waals surface area contributed by atoms with Crippen molar-refractivity contribution in [3.05, 3.63) is 65.5 Å². The van der Waals surface area contributed by atoms with Crippen LogP contribution in [0.25, 0.3) is 0 Å². The van der Waals surface area contributed by atoms with Crippen molar-refractivity contribution in [2.75, 3.05) is 6.61 Å². The van der Waals surface area contributed by atoms with Crippen LogP contribution in [-0.2, 0) is 0 Å². The number of hydrogen-bond donors (Lipinski definition) is 1. The Morgan fingerprint density at radius 2 is 1.89 bits per heavy atom. The van der Waals surface area contributed by atoms with Gasteiger partial charge in [-0.3, -0.25) is 0 Å². The number of rotatable bonds is 5. The number of ether oxygens (including phenoxy) is 1. The predicted molar refractivity (Wildman–Crippen MR) is 72.7 cm³/mol. The van der Waals surface area contributed by atoms with E-state index in [1.54, 1.807) is 19.1 Å². The lowest BCUT2D eigenvalue weighted by Crippen LogP contribution is -2.05. The molecule has 0 aliphatic carbocycles. The van der Waals surface area contributed by atoms with Gasteiger partial charge in [0.1, 0.15) is 11.6 Å². The summed E-state index contributed by atoms with van der Waals surface area (Å²) in [7, 11) is 0. The van der Waals surface area contributed by atoms with Crippen LogP contribution in [0.3, 0.4) is 0 Å². The van der Waals surface area contributed by atoms with E-state index in [-0.39, 0.29) is 5.82 Å². The maximum absolute atomic E-state index is 13.1. The first-order valence-corrected chi connectivity index (χ1v) is 6.29. The summed E-state index contributed by atoms with van der Waals surface area (Å²) in [5, 5.41) is 9.96. The Kier molecular flexibility index (Phi) is 4.53. The summed E-state index contributed by atoms with van der Waals surface area (Å²) in [6.45, 7) is 2.09. The summed E-state index contributed by atoms with van der Waals surface area (Å²) in [6, 6.07) is 14.1. The van der Waals surface area contributed by atoms with Crippen molar-refractivity contribution in [2.24, 2.45) is 0 Å². The predicted octanol–water partition coefficient (Wildman–Crippen LogP) is 3.64. The Hall–Kier alpha value is -1.87. The lowest BCUT2D eigenvalue weighted by atomic mass is 10.1. The van der Waals surface area contributed by atoms with Gasteiger partial charge in [0.15, 0.2) is 0 Å². The van der Waals surface area contributed by atoms with Crippen LogP contribution in [-0.4, -0.2) is 11.7 Å². The molecule has 19 heavy (non-hydrogen) atoms. The largest absolute Gasteiger partial charge is 0.493 e. The third-order valence-corrected chi connectivity index (χ3v) is 2.97. The molecule has 0 amide bonds. The van der Waals surface area contributed by atoms with Crippen LogP contribution in [0.4, 0.5) is 4.39 Å². The first-order valence-electron chi connectivity index (χ1n) is 6.29. The molecule has 0 heterocycles. The normalized spacial score (nSPS) is 12.2. The molecular weight excluding hydrogens is 243 g/mol. The highest BCUT2D eigenvalue weighted by atomic mass is 19.1. The van der Waals surface area contributed by atoms with Gasteiger partial charge in [-0.15, -0.1) is 0 Å². The van der Waals surface area contributed by atoms with Crippen molar-refractivity contribution in [3.63, 3.8) is 0 Å². The van der Waals surface area contributed by atoms with Gasteiger partial charge in [0.25, 0.3) is 0 Å². The quantitative estimate of drug-likeness (QED) is 0.889. The molecule has 0 radical (unpaired) electrons.